The van der Waals surface area contributed by atoms with Crippen LogP contribution in [0.2, 0.25) is 0 Å². The van der Waals surface area contributed by atoms with E-state index in [0.29, 0.717) is 34.4 Å². The number of carbonyl (C=O) groups is 1. The van der Waals surface area contributed by atoms with Crippen molar-refractivity contribution in [2.75, 3.05) is 10.6 Å². The van der Waals surface area contributed by atoms with Gasteiger partial charge in [0.1, 0.15) is 17.1 Å². The fourth-order valence-electron chi connectivity index (χ4n) is 4.52. The lowest BCUT2D eigenvalue weighted by atomic mass is 10.00. The van der Waals surface area contributed by atoms with Crippen LogP contribution in [0.1, 0.15) is 36.5 Å². The second-order valence-corrected chi connectivity index (χ2v) is 8.84. The Kier molecular flexibility index (Phi) is 6.87. The maximum Gasteiger partial charge on any atom is 0.323 e. The molecule has 7 nitrogen and oxygen atoms in total. The third-order valence-corrected chi connectivity index (χ3v) is 6.04. The van der Waals surface area contributed by atoms with Crippen molar-refractivity contribution in [3.05, 3.63) is 81.8 Å². The number of unbranched alkanes of at least 4 members (excludes halogenated alkanes) is 1. The first-order valence-electron chi connectivity index (χ1n) is 11.8. The molecule has 0 aliphatic heterocycles. The van der Waals surface area contributed by atoms with Crippen LogP contribution < -0.4 is 16.2 Å². The summed E-state index contributed by atoms with van der Waals surface area (Å²) in [7, 11) is 0. The average molecular weight is 471 g/mol. The van der Waals surface area contributed by atoms with Gasteiger partial charge in [-0.25, -0.2) is 9.78 Å². The molecule has 4 aromatic rings. The maximum atomic E-state index is 13.8. The predicted octanol–water partition coefficient (Wildman–Crippen LogP) is 6.14. The molecular weight excluding hydrogens is 440 g/mol. The van der Waals surface area contributed by atoms with Crippen molar-refractivity contribution in [2.45, 2.75) is 47.1 Å². The molecule has 0 fully saturated rings. The normalized spacial score (nSPS) is 11.0. The Morgan fingerprint density at radius 2 is 1.71 bits per heavy atom. The summed E-state index contributed by atoms with van der Waals surface area (Å²) in [5, 5.41) is 16.6. The number of amides is 2. The summed E-state index contributed by atoms with van der Waals surface area (Å²) < 4.78 is 1.61. The molecule has 0 bridgehead atoms. The number of phenols is 1. The number of nitrogens with zero attached hydrogens (tertiary/aromatic N) is 2. The minimum Gasteiger partial charge on any atom is -0.508 e. The molecule has 4 rings (SSSR count). The largest absolute Gasteiger partial charge is 0.508 e. The van der Waals surface area contributed by atoms with Gasteiger partial charge in [-0.15, -0.1) is 0 Å². The first kappa shape index (κ1) is 24.0. The summed E-state index contributed by atoms with van der Waals surface area (Å²) in [5.41, 5.74) is 5.18. The molecule has 0 aliphatic carbocycles. The van der Waals surface area contributed by atoms with Crippen molar-refractivity contribution in [3.63, 3.8) is 0 Å². The predicted molar refractivity (Wildman–Crippen MR) is 141 cm³/mol. The van der Waals surface area contributed by atoms with E-state index in [1.54, 1.807) is 41.1 Å². The lowest BCUT2D eigenvalue weighted by Crippen LogP contribution is -2.30. The molecule has 180 valence electrons. The maximum absolute atomic E-state index is 13.8. The molecule has 2 heterocycles. The zero-order valence-corrected chi connectivity index (χ0v) is 20.5. The van der Waals surface area contributed by atoms with Crippen molar-refractivity contribution < 1.29 is 9.90 Å². The highest BCUT2D eigenvalue weighted by atomic mass is 16.3. The molecule has 0 aliphatic rings. The van der Waals surface area contributed by atoms with Crippen molar-refractivity contribution in [1.29, 1.82) is 0 Å². The summed E-state index contributed by atoms with van der Waals surface area (Å²) in [6.45, 7) is 8.42. The molecule has 0 saturated carbocycles. The lowest BCUT2D eigenvalue weighted by molar-refractivity contribution is 0.262. The van der Waals surface area contributed by atoms with E-state index in [1.807, 2.05) is 39.0 Å². The molecule has 7 heteroatoms. The van der Waals surface area contributed by atoms with Gasteiger partial charge in [0.2, 0.25) is 0 Å². The molecule has 2 aromatic carbocycles. The van der Waals surface area contributed by atoms with Crippen molar-refractivity contribution in [2.24, 2.45) is 0 Å². The van der Waals surface area contributed by atoms with Crippen molar-refractivity contribution in [3.8, 4) is 16.9 Å². The molecule has 0 unspecified atom stereocenters. The van der Waals surface area contributed by atoms with E-state index in [0.717, 1.165) is 29.5 Å². The third kappa shape index (κ3) is 4.89. The summed E-state index contributed by atoms with van der Waals surface area (Å²) in [5.74, 6) is 0.0657. The number of rotatable bonds is 6. The number of fused-ring (bicyclic) bond motifs is 1. The van der Waals surface area contributed by atoms with Gasteiger partial charge >= 0.3 is 6.03 Å². The summed E-state index contributed by atoms with van der Waals surface area (Å²) >= 11 is 0. The minimum absolute atomic E-state index is 0.0657. The fraction of sp³-hybridized carbons (Fsp3) is 0.250. The van der Waals surface area contributed by atoms with E-state index in [4.69, 9.17) is 0 Å². The van der Waals surface area contributed by atoms with Crippen LogP contribution in [0, 0.1) is 20.8 Å². The Bertz CT molecular complexity index is 1450. The molecule has 2 amide bonds. The third-order valence-electron chi connectivity index (χ3n) is 6.04. The fourth-order valence-corrected chi connectivity index (χ4v) is 4.52. The highest BCUT2D eigenvalue weighted by Crippen LogP contribution is 2.34. The number of phenolic OH excluding ortho intramolecular Hbond substituents is 1. The minimum atomic E-state index is -0.510. The topological polar surface area (TPSA) is 96.2 Å². The number of hydrogen-bond acceptors (Lipinski definition) is 4. The highest BCUT2D eigenvalue weighted by Gasteiger charge is 2.21. The van der Waals surface area contributed by atoms with Crippen LogP contribution in [-0.2, 0) is 6.54 Å². The average Bonchev–Trinajstić information content (AvgIpc) is 2.81. The smallest absolute Gasteiger partial charge is 0.323 e. The molecule has 3 N–H and O–H groups in total. The number of aryl methyl sites for hydroxylation is 4. The quantitative estimate of drug-likeness (QED) is 0.315. The molecule has 0 atom stereocenters. The number of urea groups is 1. The van der Waals surface area contributed by atoms with Crippen LogP contribution in [-0.4, -0.2) is 20.7 Å². The Morgan fingerprint density at radius 1 is 1.00 bits per heavy atom. The van der Waals surface area contributed by atoms with E-state index in [1.165, 1.54) is 0 Å². The van der Waals surface area contributed by atoms with Gasteiger partial charge in [-0.3, -0.25) is 9.36 Å². The first-order chi connectivity index (χ1) is 16.8. The number of aromatic nitrogens is 2. The van der Waals surface area contributed by atoms with Gasteiger partial charge < -0.3 is 15.7 Å². The number of anilines is 2. The van der Waals surface area contributed by atoms with Crippen LogP contribution >= 0.6 is 0 Å². The Labute approximate surface area is 204 Å². The molecule has 0 saturated heterocycles. The number of pyridine rings is 2. The van der Waals surface area contributed by atoms with E-state index < -0.39 is 6.03 Å². The van der Waals surface area contributed by atoms with E-state index in [-0.39, 0.29) is 17.0 Å². The molecular formula is C28H30N4O3. The van der Waals surface area contributed by atoms with Crippen LogP contribution in [0.15, 0.2) is 59.5 Å². The van der Waals surface area contributed by atoms with Crippen molar-refractivity contribution in [1.82, 2.24) is 9.55 Å². The number of benzene rings is 2. The summed E-state index contributed by atoms with van der Waals surface area (Å²) in [6.07, 6.45) is 3.36. The Hall–Kier alpha value is -4.13. The van der Waals surface area contributed by atoms with Gasteiger partial charge in [0.25, 0.3) is 5.56 Å². The van der Waals surface area contributed by atoms with Crippen LogP contribution in [0.3, 0.4) is 0 Å². The monoisotopic (exact) mass is 470 g/mol. The molecule has 0 spiro atoms. The van der Waals surface area contributed by atoms with Gasteiger partial charge in [-0.1, -0.05) is 43.2 Å². The van der Waals surface area contributed by atoms with Gasteiger partial charge in [-0.2, -0.15) is 0 Å². The first-order valence-corrected chi connectivity index (χ1v) is 11.8. The zero-order chi connectivity index (χ0) is 25.1. The second-order valence-electron chi connectivity index (χ2n) is 8.84. The Balaban J connectivity index is 1.88. The lowest BCUT2D eigenvalue weighted by Gasteiger charge is -2.19. The van der Waals surface area contributed by atoms with Crippen LogP contribution in [0.5, 0.6) is 5.75 Å². The molecule has 35 heavy (non-hydrogen) atoms. The summed E-state index contributed by atoms with van der Waals surface area (Å²) in [6, 6.07) is 13.8. The SMILES string of the molecule is CCCCn1c(=O)c(NC(=O)Nc2c(C)cc(C)cc2C)c(-c2cccc(O)c2)c2cccnc21. The van der Waals surface area contributed by atoms with E-state index >= 15 is 0 Å². The van der Waals surface area contributed by atoms with Gasteiger partial charge in [0.05, 0.1) is 0 Å². The molecule has 0 radical (unpaired) electrons. The van der Waals surface area contributed by atoms with Gasteiger partial charge in [-0.05, 0) is 68.1 Å². The standard InChI is InChI=1S/C28H30N4O3/c1-5-6-13-32-26-22(11-8-12-29-26)23(20-9-7-10-21(33)16-20)25(27(32)34)31-28(35)30-24-18(3)14-17(2)15-19(24)4/h7-12,14-16,33H,5-6,13H2,1-4H3,(H2,30,31,35). The van der Waals surface area contributed by atoms with Crippen molar-refractivity contribution >= 4 is 28.4 Å². The zero-order valence-electron chi connectivity index (χ0n) is 20.5. The number of carbonyl (C=O) groups excluding carboxylic acids is 1. The van der Waals surface area contributed by atoms with Gasteiger partial charge in [0.15, 0.2) is 0 Å². The van der Waals surface area contributed by atoms with E-state index in [9.17, 15) is 14.7 Å². The highest BCUT2D eigenvalue weighted by molar-refractivity contribution is 6.07. The van der Waals surface area contributed by atoms with Crippen LogP contribution in [0.4, 0.5) is 16.2 Å². The Morgan fingerprint density at radius 3 is 2.40 bits per heavy atom. The number of hydrogen-bond donors (Lipinski definition) is 3. The second kappa shape index (κ2) is 10.0. The van der Waals surface area contributed by atoms with Gasteiger partial charge in [0, 0.05) is 29.4 Å². The van der Waals surface area contributed by atoms with E-state index in [2.05, 4.69) is 22.5 Å². The number of nitrogens with one attached hydrogen (secondary N) is 2. The van der Waals surface area contributed by atoms with Crippen LogP contribution in [0.25, 0.3) is 22.2 Å². The summed E-state index contributed by atoms with van der Waals surface area (Å²) in [4.78, 5) is 31.4. The number of aromatic hydroxyl groups is 1. The molecule has 2 aromatic heterocycles.